The molecule has 1 saturated heterocycles. The van der Waals surface area contributed by atoms with Crippen LogP contribution >= 0.6 is 11.6 Å². The number of hydrogen-bond acceptors (Lipinski definition) is 9. The van der Waals surface area contributed by atoms with Crippen LogP contribution in [-0.4, -0.2) is 55.0 Å². The molecule has 0 aromatic carbocycles. The molecule has 0 bridgehead atoms. The van der Waals surface area contributed by atoms with Crippen LogP contribution in [0.25, 0.3) is 34.1 Å². The van der Waals surface area contributed by atoms with Gasteiger partial charge in [0.05, 0.1) is 18.2 Å². The minimum absolute atomic E-state index is 0.115. The molecule has 0 spiro atoms. The molecular formula is C24H26ClN7O4. The molecule has 5 heterocycles. The average Bonchev–Trinajstić information content (AvgIpc) is 3.44. The van der Waals surface area contributed by atoms with Crippen molar-refractivity contribution in [3.63, 3.8) is 0 Å². The Morgan fingerprint density at radius 1 is 1.19 bits per heavy atom. The van der Waals surface area contributed by atoms with Crippen molar-refractivity contribution in [2.75, 3.05) is 20.3 Å². The minimum Gasteiger partial charge on any atom is -0.374 e. The molecule has 1 N–H and O–H groups in total. The minimum atomic E-state index is -0.692. The Balaban J connectivity index is 1.60. The average molecular weight is 512 g/mol. The molecule has 2 fully saturated rings. The zero-order valence-corrected chi connectivity index (χ0v) is 20.8. The van der Waals surface area contributed by atoms with E-state index in [4.69, 9.17) is 35.6 Å². The molecule has 188 valence electrons. The lowest BCUT2D eigenvalue weighted by Gasteiger charge is -2.40. The van der Waals surface area contributed by atoms with Crippen LogP contribution in [0, 0.1) is 11.8 Å². The lowest BCUT2D eigenvalue weighted by atomic mass is 9.83. The summed E-state index contributed by atoms with van der Waals surface area (Å²) < 4.78 is 18.4. The molecule has 1 aliphatic carbocycles. The summed E-state index contributed by atoms with van der Waals surface area (Å²) in [6, 6.07) is 1.80. The molecule has 0 atom stereocenters. The molecule has 1 aliphatic heterocycles. The number of hydrogen-bond donors (Lipinski definition) is 1. The van der Waals surface area contributed by atoms with Gasteiger partial charge in [0.2, 0.25) is 11.6 Å². The Hall–Kier alpha value is -3.15. The van der Waals surface area contributed by atoms with Gasteiger partial charge in [-0.25, -0.2) is 19.7 Å². The number of methoxy groups -OCH3 is 1. The van der Waals surface area contributed by atoms with Crippen LogP contribution in [0.4, 0.5) is 0 Å². The number of aromatic nitrogens is 7. The van der Waals surface area contributed by atoms with E-state index in [1.165, 1.54) is 12.8 Å². The summed E-state index contributed by atoms with van der Waals surface area (Å²) in [5.41, 5.74) is 1.83. The van der Waals surface area contributed by atoms with Crippen molar-refractivity contribution in [2.24, 2.45) is 11.8 Å². The summed E-state index contributed by atoms with van der Waals surface area (Å²) in [5.74, 6) is 1.59. The number of aromatic amines is 1. The fourth-order valence-corrected chi connectivity index (χ4v) is 5.31. The van der Waals surface area contributed by atoms with Crippen LogP contribution in [0.2, 0.25) is 5.02 Å². The lowest BCUT2D eigenvalue weighted by molar-refractivity contribution is -0.208. The first-order chi connectivity index (χ1) is 17.5. The molecule has 0 amide bonds. The van der Waals surface area contributed by atoms with E-state index in [1.807, 2.05) is 0 Å². The van der Waals surface area contributed by atoms with Gasteiger partial charge in [0.15, 0.2) is 11.2 Å². The van der Waals surface area contributed by atoms with Gasteiger partial charge >= 0.3 is 5.76 Å². The Kier molecular flexibility index (Phi) is 5.85. The number of nitrogens with one attached hydrogen (secondary N) is 1. The van der Waals surface area contributed by atoms with E-state index < -0.39 is 11.4 Å². The van der Waals surface area contributed by atoms with Gasteiger partial charge in [0.25, 0.3) is 0 Å². The molecule has 2 aliphatic rings. The number of imidazole rings is 1. The van der Waals surface area contributed by atoms with Gasteiger partial charge in [-0.05, 0) is 30.7 Å². The smallest absolute Gasteiger partial charge is 0.374 e. The third kappa shape index (κ3) is 4.00. The molecule has 4 aromatic heterocycles. The summed E-state index contributed by atoms with van der Waals surface area (Å²) >= 11 is 6.31. The third-order valence-corrected chi connectivity index (χ3v) is 7.49. The van der Waals surface area contributed by atoms with Gasteiger partial charge in [0, 0.05) is 31.6 Å². The van der Waals surface area contributed by atoms with Crippen LogP contribution in [0.1, 0.15) is 38.4 Å². The highest BCUT2D eigenvalue weighted by Crippen LogP contribution is 2.39. The first kappa shape index (κ1) is 23.3. The lowest BCUT2D eigenvalue weighted by Crippen LogP contribution is -2.50. The molecule has 12 heteroatoms. The SMILES string of the molecule is COC1(c2nc3nc(-c4noc(=O)[nH]4)nc(-c4cncc(Cl)c4)c3n2CC2CCC(C)CC2)COC1. The van der Waals surface area contributed by atoms with E-state index in [0.29, 0.717) is 41.1 Å². The third-order valence-electron chi connectivity index (χ3n) is 7.28. The Labute approximate surface area is 211 Å². The van der Waals surface area contributed by atoms with E-state index >= 15 is 0 Å². The summed E-state index contributed by atoms with van der Waals surface area (Å²) in [4.78, 5) is 32.8. The van der Waals surface area contributed by atoms with E-state index in [0.717, 1.165) is 36.6 Å². The monoisotopic (exact) mass is 511 g/mol. The predicted octanol–water partition coefficient (Wildman–Crippen LogP) is 3.58. The van der Waals surface area contributed by atoms with Gasteiger partial charge in [-0.3, -0.25) is 14.5 Å². The maximum absolute atomic E-state index is 11.6. The normalized spacial score (nSPS) is 21.5. The zero-order chi connectivity index (χ0) is 24.9. The van der Waals surface area contributed by atoms with Crippen molar-refractivity contribution >= 4 is 22.8 Å². The molecule has 4 aromatic rings. The van der Waals surface area contributed by atoms with E-state index in [-0.39, 0.29) is 11.6 Å². The number of H-pyrrole nitrogens is 1. The summed E-state index contributed by atoms with van der Waals surface area (Å²) in [6.45, 7) is 3.88. The number of halogens is 1. The number of nitrogens with zero attached hydrogens (tertiary/aromatic N) is 6. The molecule has 11 nitrogen and oxygen atoms in total. The molecular weight excluding hydrogens is 486 g/mol. The van der Waals surface area contributed by atoms with Crippen LogP contribution in [0.3, 0.4) is 0 Å². The first-order valence-electron chi connectivity index (χ1n) is 12.0. The molecule has 1 saturated carbocycles. The summed E-state index contributed by atoms with van der Waals surface area (Å²) in [6.07, 6.45) is 7.96. The quantitative estimate of drug-likeness (QED) is 0.412. The van der Waals surface area contributed by atoms with Crippen molar-refractivity contribution in [2.45, 2.75) is 44.8 Å². The van der Waals surface area contributed by atoms with Gasteiger partial charge < -0.3 is 14.0 Å². The number of ether oxygens (including phenoxy) is 2. The van der Waals surface area contributed by atoms with Crippen molar-refractivity contribution < 1.29 is 14.0 Å². The molecule has 6 rings (SSSR count). The highest BCUT2D eigenvalue weighted by Gasteiger charge is 2.46. The number of pyridine rings is 1. The maximum atomic E-state index is 11.6. The Morgan fingerprint density at radius 3 is 2.64 bits per heavy atom. The van der Waals surface area contributed by atoms with Crippen molar-refractivity contribution in [3.05, 3.63) is 39.9 Å². The second-order valence-corrected chi connectivity index (χ2v) is 10.2. The molecule has 36 heavy (non-hydrogen) atoms. The molecule has 0 unspecified atom stereocenters. The van der Waals surface area contributed by atoms with Crippen LogP contribution in [0.5, 0.6) is 0 Å². The highest BCUT2D eigenvalue weighted by atomic mass is 35.5. The fourth-order valence-electron chi connectivity index (χ4n) is 5.13. The number of fused-ring (bicyclic) bond motifs is 1. The summed E-state index contributed by atoms with van der Waals surface area (Å²) in [7, 11) is 1.67. The van der Waals surface area contributed by atoms with Crippen molar-refractivity contribution in [1.82, 2.24) is 34.6 Å². The van der Waals surface area contributed by atoms with E-state index in [2.05, 4.69) is 31.6 Å². The molecule has 0 radical (unpaired) electrons. The van der Waals surface area contributed by atoms with Crippen LogP contribution in [-0.2, 0) is 21.6 Å². The topological polar surface area (TPSA) is 134 Å². The largest absolute Gasteiger partial charge is 0.439 e. The highest BCUT2D eigenvalue weighted by molar-refractivity contribution is 6.30. The zero-order valence-electron chi connectivity index (χ0n) is 20.0. The van der Waals surface area contributed by atoms with Gasteiger partial charge in [-0.2, -0.15) is 0 Å². The van der Waals surface area contributed by atoms with E-state index in [1.54, 1.807) is 25.6 Å². The second-order valence-electron chi connectivity index (χ2n) is 9.77. The summed E-state index contributed by atoms with van der Waals surface area (Å²) in [5, 5.41) is 4.25. The predicted molar refractivity (Wildman–Crippen MR) is 130 cm³/mol. The standard InChI is InChI=1S/C24H26ClN7O4/c1-13-3-5-14(6-4-13)10-32-18-17(15-7-16(25)9-26-8-15)27-20(21-30-23(33)36-31-21)28-19(18)29-22(32)24(34-2)11-35-12-24/h7-9,13-14H,3-6,10-12H2,1-2H3,(H,30,31,33). The van der Waals surface area contributed by atoms with Crippen LogP contribution in [0.15, 0.2) is 27.8 Å². The van der Waals surface area contributed by atoms with E-state index in [9.17, 15) is 4.79 Å². The maximum Gasteiger partial charge on any atom is 0.439 e. The van der Waals surface area contributed by atoms with Crippen LogP contribution < -0.4 is 5.76 Å². The first-order valence-corrected chi connectivity index (χ1v) is 12.4. The van der Waals surface area contributed by atoms with Crippen molar-refractivity contribution in [3.8, 4) is 22.9 Å². The number of rotatable bonds is 6. The van der Waals surface area contributed by atoms with Gasteiger partial charge in [-0.15, -0.1) is 0 Å². The Bertz CT molecular complexity index is 1460. The van der Waals surface area contributed by atoms with Gasteiger partial charge in [-0.1, -0.05) is 36.5 Å². The van der Waals surface area contributed by atoms with Crippen molar-refractivity contribution in [1.29, 1.82) is 0 Å². The Morgan fingerprint density at radius 2 is 2.00 bits per heavy atom. The second kappa shape index (κ2) is 9.06. The fraction of sp³-hybridized carbons (Fsp3) is 0.500. The van der Waals surface area contributed by atoms with Gasteiger partial charge in [0.1, 0.15) is 17.0 Å².